The minimum absolute atomic E-state index is 0.214. The Labute approximate surface area is 112 Å². The van der Waals surface area contributed by atoms with Crippen molar-refractivity contribution in [3.8, 4) is 0 Å². The molecular weight excluding hydrogens is 226 g/mol. The van der Waals surface area contributed by atoms with Gasteiger partial charge in [0.2, 0.25) is 5.91 Å². The average molecular weight is 255 g/mol. The van der Waals surface area contributed by atoms with E-state index in [1.807, 2.05) is 4.90 Å². The first-order chi connectivity index (χ1) is 8.54. The largest absolute Gasteiger partial charge is 0.340 e. The van der Waals surface area contributed by atoms with Crippen molar-refractivity contribution in [3.63, 3.8) is 0 Å². The van der Waals surface area contributed by atoms with Gasteiger partial charge in [0.05, 0.1) is 0 Å². The second-order valence-electron chi connectivity index (χ2n) is 5.42. The van der Waals surface area contributed by atoms with Crippen LogP contribution in [0.25, 0.3) is 0 Å². The van der Waals surface area contributed by atoms with Crippen molar-refractivity contribution in [2.75, 3.05) is 45.8 Å². The molecule has 0 unspecified atom stereocenters. The lowest BCUT2D eigenvalue weighted by molar-refractivity contribution is -0.130. The summed E-state index contributed by atoms with van der Waals surface area (Å²) in [4.78, 5) is 18.2. The Morgan fingerprint density at radius 3 is 2.28 bits per heavy atom. The van der Waals surface area contributed by atoms with Gasteiger partial charge in [-0.1, -0.05) is 6.92 Å². The Bertz CT molecular complexity index is 247. The summed E-state index contributed by atoms with van der Waals surface area (Å²) < 4.78 is 0. The van der Waals surface area contributed by atoms with Crippen LogP contribution >= 0.6 is 0 Å². The molecule has 1 fully saturated rings. The maximum absolute atomic E-state index is 11.2. The molecule has 0 aliphatic carbocycles. The van der Waals surface area contributed by atoms with E-state index in [0.717, 1.165) is 39.3 Å². The first-order valence-electron chi connectivity index (χ1n) is 7.26. The molecule has 4 heteroatoms. The Balaban J connectivity index is 2.16. The van der Waals surface area contributed by atoms with Gasteiger partial charge in [0.1, 0.15) is 0 Å². The van der Waals surface area contributed by atoms with Crippen LogP contribution in [0.4, 0.5) is 0 Å². The minimum atomic E-state index is 0.214. The number of piperazine rings is 1. The highest BCUT2D eigenvalue weighted by molar-refractivity contribution is 5.73. The third-order valence-electron chi connectivity index (χ3n) is 3.87. The van der Waals surface area contributed by atoms with Gasteiger partial charge in [0, 0.05) is 39.1 Å². The van der Waals surface area contributed by atoms with Gasteiger partial charge in [-0.15, -0.1) is 0 Å². The lowest BCUT2D eigenvalue weighted by Gasteiger charge is -2.34. The number of nitrogens with zero attached hydrogens (tertiary/aromatic N) is 3. The molecule has 1 heterocycles. The van der Waals surface area contributed by atoms with E-state index in [1.54, 1.807) is 6.92 Å². The van der Waals surface area contributed by atoms with E-state index in [0.29, 0.717) is 6.04 Å². The summed E-state index contributed by atoms with van der Waals surface area (Å²) in [7, 11) is 0. The Kier molecular flexibility index (Phi) is 6.65. The van der Waals surface area contributed by atoms with Crippen molar-refractivity contribution in [3.05, 3.63) is 0 Å². The van der Waals surface area contributed by atoms with Gasteiger partial charge in [-0.3, -0.25) is 9.69 Å². The van der Waals surface area contributed by atoms with Gasteiger partial charge >= 0.3 is 0 Å². The molecule has 0 aromatic heterocycles. The van der Waals surface area contributed by atoms with Crippen molar-refractivity contribution < 1.29 is 4.79 Å². The van der Waals surface area contributed by atoms with Crippen LogP contribution in [-0.4, -0.2) is 72.5 Å². The highest BCUT2D eigenvalue weighted by atomic mass is 16.2. The first-order valence-corrected chi connectivity index (χ1v) is 7.26. The monoisotopic (exact) mass is 255 g/mol. The molecular formula is C14H29N3O. The molecule has 4 nitrogen and oxygen atoms in total. The van der Waals surface area contributed by atoms with Gasteiger partial charge in [-0.2, -0.15) is 0 Å². The van der Waals surface area contributed by atoms with Crippen LogP contribution in [-0.2, 0) is 4.79 Å². The summed E-state index contributed by atoms with van der Waals surface area (Å²) in [6, 6.07) is 0.643. The fourth-order valence-corrected chi connectivity index (χ4v) is 2.57. The van der Waals surface area contributed by atoms with E-state index in [-0.39, 0.29) is 5.91 Å². The van der Waals surface area contributed by atoms with Crippen LogP contribution in [0.2, 0.25) is 0 Å². The molecule has 0 aromatic carbocycles. The van der Waals surface area contributed by atoms with E-state index < -0.39 is 0 Å². The maximum atomic E-state index is 11.2. The fraction of sp³-hybridized carbons (Fsp3) is 0.929. The first kappa shape index (κ1) is 15.4. The van der Waals surface area contributed by atoms with Crippen LogP contribution in [0, 0.1) is 0 Å². The summed E-state index contributed by atoms with van der Waals surface area (Å²) in [5, 5.41) is 0. The van der Waals surface area contributed by atoms with Crippen LogP contribution in [0.15, 0.2) is 0 Å². The van der Waals surface area contributed by atoms with Crippen molar-refractivity contribution in [2.45, 2.75) is 40.2 Å². The smallest absolute Gasteiger partial charge is 0.219 e. The van der Waals surface area contributed by atoms with Crippen molar-refractivity contribution in [1.29, 1.82) is 0 Å². The summed E-state index contributed by atoms with van der Waals surface area (Å²) in [5.74, 6) is 0.214. The normalized spacial score (nSPS) is 17.8. The van der Waals surface area contributed by atoms with Gasteiger partial charge in [-0.25, -0.2) is 0 Å². The van der Waals surface area contributed by atoms with E-state index in [4.69, 9.17) is 0 Å². The van der Waals surface area contributed by atoms with Gasteiger partial charge in [-0.05, 0) is 39.9 Å². The molecule has 1 rings (SSSR count). The second-order valence-corrected chi connectivity index (χ2v) is 5.42. The van der Waals surface area contributed by atoms with Crippen LogP contribution in [0.5, 0.6) is 0 Å². The molecule has 0 atom stereocenters. The minimum Gasteiger partial charge on any atom is -0.340 e. The lowest BCUT2D eigenvalue weighted by Crippen LogP contribution is -2.48. The quantitative estimate of drug-likeness (QED) is 0.715. The molecule has 0 bridgehead atoms. The lowest BCUT2D eigenvalue weighted by atomic mass is 10.2. The molecule has 0 spiro atoms. The topological polar surface area (TPSA) is 26.8 Å². The molecule has 1 saturated heterocycles. The molecule has 0 aromatic rings. The summed E-state index contributed by atoms with van der Waals surface area (Å²) in [6.07, 6.45) is 1.23. The SMILES string of the molecule is CCN(CCCN1CCN(C(C)=O)CC1)C(C)C. The van der Waals surface area contributed by atoms with Crippen LogP contribution in [0.1, 0.15) is 34.1 Å². The highest BCUT2D eigenvalue weighted by Crippen LogP contribution is 2.04. The standard InChI is InChI=1S/C14H29N3O/c1-5-16(13(2)3)8-6-7-15-9-11-17(12-10-15)14(4)18/h13H,5-12H2,1-4H3. The molecule has 0 radical (unpaired) electrons. The predicted molar refractivity (Wildman–Crippen MR) is 75.7 cm³/mol. The second kappa shape index (κ2) is 7.74. The van der Waals surface area contributed by atoms with Crippen LogP contribution < -0.4 is 0 Å². The van der Waals surface area contributed by atoms with Crippen LogP contribution in [0.3, 0.4) is 0 Å². The number of carbonyl (C=O) groups is 1. The number of carbonyl (C=O) groups excluding carboxylic acids is 1. The van der Waals surface area contributed by atoms with E-state index in [1.165, 1.54) is 13.0 Å². The van der Waals surface area contributed by atoms with Gasteiger partial charge in [0.15, 0.2) is 0 Å². The molecule has 1 aliphatic rings. The third-order valence-corrected chi connectivity index (χ3v) is 3.87. The zero-order valence-electron chi connectivity index (χ0n) is 12.5. The Morgan fingerprint density at radius 2 is 1.83 bits per heavy atom. The van der Waals surface area contributed by atoms with E-state index in [9.17, 15) is 4.79 Å². The summed E-state index contributed by atoms with van der Waals surface area (Å²) >= 11 is 0. The van der Waals surface area contributed by atoms with Gasteiger partial charge in [0.25, 0.3) is 0 Å². The number of rotatable bonds is 6. The summed E-state index contributed by atoms with van der Waals surface area (Å²) in [6.45, 7) is 15.8. The zero-order chi connectivity index (χ0) is 13.5. The van der Waals surface area contributed by atoms with Crippen molar-refractivity contribution >= 4 is 5.91 Å². The zero-order valence-corrected chi connectivity index (χ0v) is 12.5. The average Bonchev–Trinajstić information content (AvgIpc) is 2.34. The third kappa shape index (κ3) is 4.94. The van der Waals surface area contributed by atoms with E-state index in [2.05, 4.69) is 30.6 Å². The molecule has 0 saturated carbocycles. The van der Waals surface area contributed by atoms with Gasteiger partial charge < -0.3 is 9.80 Å². The highest BCUT2D eigenvalue weighted by Gasteiger charge is 2.18. The fourth-order valence-electron chi connectivity index (χ4n) is 2.57. The Morgan fingerprint density at radius 1 is 1.22 bits per heavy atom. The number of hydrogen-bond acceptors (Lipinski definition) is 3. The molecule has 1 aliphatic heterocycles. The molecule has 18 heavy (non-hydrogen) atoms. The summed E-state index contributed by atoms with van der Waals surface area (Å²) in [5.41, 5.74) is 0. The number of amides is 1. The molecule has 0 N–H and O–H groups in total. The van der Waals surface area contributed by atoms with Crippen molar-refractivity contribution in [1.82, 2.24) is 14.7 Å². The predicted octanol–water partition coefficient (Wildman–Crippen LogP) is 1.27. The molecule has 1 amide bonds. The number of hydrogen-bond donors (Lipinski definition) is 0. The van der Waals surface area contributed by atoms with Crippen molar-refractivity contribution in [2.24, 2.45) is 0 Å². The Hall–Kier alpha value is -0.610. The van der Waals surface area contributed by atoms with E-state index >= 15 is 0 Å². The maximum Gasteiger partial charge on any atom is 0.219 e. The molecule has 106 valence electrons.